The molecule has 1 fully saturated rings. The van der Waals surface area contributed by atoms with E-state index < -0.39 is 126 Å². The highest BCUT2D eigenvalue weighted by Crippen LogP contribution is 2.16. The highest BCUT2D eigenvalue weighted by atomic mass is 35.5. The Labute approximate surface area is 478 Å². The summed E-state index contributed by atoms with van der Waals surface area (Å²) in [5.74, 6) is -10.2. The highest BCUT2D eigenvalue weighted by molar-refractivity contribution is 6.30. The molecule has 0 aromatic heterocycles. The minimum absolute atomic E-state index is 0.0415. The van der Waals surface area contributed by atoms with Crippen LogP contribution in [0.3, 0.4) is 0 Å². The second-order valence-electron chi connectivity index (χ2n) is 19.9. The van der Waals surface area contributed by atoms with Crippen molar-refractivity contribution in [1.29, 1.82) is 0 Å². The molecule has 0 aliphatic carbocycles. The largest absolute Gasteiger partial charge is 0.508 e. The molecular formula is C56H71ClN12O13. The number of halogens is 1. The van der Waals surface area contributed by atoms with E-state index in [4.69, 9.17) is 28.8 Å². The Kier molecular flexibility index (Phi) is 24.6. The van der Waals surface area contributed by atoms with Crippen molar-refractivity contribution < 1.29 is 63.3 Å². The normalized spacial score (nSPS) is 20.6. The Morgan fingerprint density at radius 1 is 0.646 bits per heavy atom. The van der Waals surface area contributed by atoms with Gasteiger partial charge in [-0.25, -0.2) is 0 Å². The van der Waals surface area contributed by atoms with Gasteiger partial charge in [-0.05, 0) is 111 Å². The van der Waals surface area contributed by atoms with Crippen molar-refractivity contribution in [2.24, 2.45) is 17.2 Å². The summed E-state index contributed by atoms with van der Waals surface area (Å²) in [6, 6.07) is 10.5. The van der Waals surface area contributed by atoms with Gasteiger partial charge < -0.3 is 80.4 Å². The van der Waals surface area contributed by atoms with Crippen molar-refractivity contribution in [1.82, 2.24) is 47.9 Å². The van der Waals surface area contributed by atoms with Gasteiger partial charge in [-0.2, -0.15) is 0 Å². The van der Waals surface area contributed by atoms with E-state index in [9.17, 15) is 63.3 Å². The fraction of sp³-hybridized carbons (Fsp3) is 0.393. The van der Waals surface area contributed by atoms with Crippen LogP contribution in [0.25, 0.3) is 0 Å². The maximum atomic E-state index is 14.8. The molecule has 4 aromatic rings. The smallest absolute Gasteiger partial charge is 0.248 e. The minimum atomic E-state index is -1.91. The van der Waals surface area contributed by atoms with Gasteiger partial charge in [0.1, 0.15) is 53.8 Å². The number of hydrogen-bond acceptors (Lipinski definition) is 15. The number of aliphatic hydroxyl groups excluding tert-OH is 1. The van der Waals surface area contributed by atoms with Crippen LogP contribution in [-0.4, -0.2) is 149 Å². The van der Waals surface area contributed by atoms with Gasteiger partial charge in [0, 0.05) is 36.4 Å². The third-order valence-electron chi connectivity index (χ3n) is 13.3. The summed E-state index contributed by atoms with van der Waals surface area (Å²) in [5.41, 5.74) is 19.5. The fourth-order valence-corrected chi connectivity index (χ4v) is 8.79. The number of hydrogen-bond donors (Lipinski definition) is 15. The standard InChI is InChI=1S/C56H71ClN12O13/c1-30(70)47-56(82)67-44(54(80)64-41(49(60)75)25-33-11-19-37(71)20-12-33)28-46(73)62-29-45(68-50(76)39(58)24-31-9-17-36(57)18-10-31)55(81)66-43(27-34-13-21-38(72)22-14-34)53(79)65-42(26-32-7-15-35(16-8-32)48(59)74)52(78)63-40(51(77)69-47)6-4-3-5-23-61-2/h7-22,30,39-45,47,61,70-72H,3-6,23-29,58H2,1-2H3,(H2,59,74)(H2,60,75)(H,62,73)(H,63,78)(H,64,80)(H,65,79)(H,66,81)(H,67,82)(H,68,76)(H,69,77)/t30-,39+,40+,41-,42-,43+,44+,45-,47+/m1/s1. The quantitative estimate of drug-likeness (QED) is 0.0402. The Balaban J connectivity index is 1.61. The lowest BCUT2D eigenvalue weighted by Gasteiger charge is -2.29. The van der Waals surface area contributed by atoms with E-state index in [0.717, 1.165) is 6.92 Å². The van der Waals surface area contributed by atoms with Crippen LogP contribution in [0.15, 0.2) is 97.1 Å². The number of unbranched alkanes of at least 4 members (excludes halogenated alkanes) is 2. The minimum Gasteiger partial charge on any atom is -0.508 e. The fourth-order valence-electron chi connectivity index (χ4n) is 8.66. The molecule has 82 heavy (non-hydrogen) atoms. The van der Waals surface area contributed by atoms with Gasteiger partial charge in [-0.1, -0.05) is 73.0 Å². The summed E-state index contributed by atoms with van der Waals surface area (Å²) in [4.78, 5) is 140. The van der Waals surface area contributed by atoms with Crippen LogP contribution in [0, 0.1) is 0 Å². The maximum Gasteiger partial charge on any atom is 0.248 e. The summed E-state index contributed by atoms with van der Waals surface area (Å²) < 4.78 is 0. The summed E-state index contributed by atoms with van der Waals surface area (Å²) in [5, 5.41) is 54.6. The lowest BCUT2D eigenvalue weighted by atomic mass is 10.00. The molecule has 10 amide bonds. The predicted octanol–water partition coefficient (Wildman–Crippen LogP) is -1.99. The molecule has 0 unspecified atom stereocenters. The number of carbonyl (C=O) groups excluding carboxylic acids is 10. The summed E-state index contributed by atoms with van der Waals surface area (Å²) in [6.07, 6.45) is -1.97. The maximum absolute atomic E-state index is 14.8. The average molecular weight is 1160 g/mol. The zero-order valence-electron chi connectivity index (χ0n) is 45.2. The number of amides is 10. The molecule has 0 saturated carbocycles. The molecule has 5 rings (SSSR count). The lowest BCUT2D eigenvalue weighted by Crippen LogP contribution is -2.63. The molecule has 4 aromatic carbocycles. The van der Waals surface area contributed by atoms with Crippen molar-refractivity contribution in [3.63, 3.8) is 0 Å². The molecule has 26 heteroatoms. The lowest BCUT2D eigenvalue weighted by molar-refractivity contribution is -0.138. The molecule has 18 N–H and O–H groups in total. The van der Waals surface area contributed by atoms with Gasteiger partial charge >= 0.3 is 0 Å². The molecule has 1 saturated heterocycles. The first-order valence-corrected chi connectivity index (χ1v) is 26.8. The van der Waals surface area contributed by atoms with Crippen molar-refractivity contribution in [3.05, 3.63) is 130 Å². The van der Waals surface area contributed by atoms with Gasteiger partial charge in [-0.15, -0.1) is 0 Å². The highest BCUT2D eigenvalue weighted by Gasteiger charge is 2.37. The molecule has 0 radical (unpaired) electrons. The zero-order chi connectivity index (χ0) is 60.0. The summed E-state index contributed by atoms with van der Waals surface area (Å²) in [6.45, 7) is 1.02. The number of benzene rings is 4. The van der Waals surface area contributed by atoms with E-state index in [1.165, 1.54) is 72.8 Å². The number of phenols is 2. The molecule has 1 aliphatic heterocycles. The van der Waals surface area contributed by atoms with Gasteiger partial charge in [-0.3, -0.25) is 47.9 Å². The molecule has 25 nitrogen and oxygen atoms in total. The number of nitrogens with two attached hydrogens (primary N) is 3. The third-order valence-corrected chi connectivity index (χ3v) is 13.6. The Morgan fingerprint density at radius 3 is 1.71 bits per heavy atom. The number of nitrogens with one attached hydrogen (secondary N) is 9. The van der Waals surface area contributed by atoms with Gasteiger partial charge in [0.05, 0.1) is 18.6 Å². The van der Waals surface area contributed by atoms with E-state index in [0.29, 0.717) is 53.1 Å². The van der Waals surface area contributed by atoms with E-state index in [1.807, 2.05) is 0 Å². The van der Waals surface area contributed by atoms with Crippen molar-refractivity contribution in [2.75, 3.05) is 20.1 Å². The van der Waals surface area contributed by atoms with Crippen molar-refractivity contribution in [3.8, 4) is 11.5 Å². The number of phenolic OH excluding ortho intramolecular Hbond substituents is 2. The first kappa shape index (κ1) is 64.2. The van der Waals surface area contributed by atoms with Crippen LogP contribution in [0.5, 0.6) is 11.5 Å². The summed E-state index contributed by atoms with van der Waals surface area (Å²) in [7, 11) is 1.76. The van der Waals surface area contributed by atoms with Crippen LogP contribution < -0.4 is 65.1 Å². The topological polar surface area (TPSA) is 418 Å². The van der Waals surface area contributed by atoms with Crippen molar-refractivity contribution in [2.45, 2.75) is 119 Å². The second kappa shape index (κ2) is 31.4. The Bertz CT molecular complexity index is 2880. The van der Waals surface area contributed by atoms with Gasteiger partial charge in [0.25, 0.3) is 0 Å². The van der Waals surface area contributed by atoms with Crippen LogP contribution in [0.4, 0.5) is 0 Å². The second-order valence-corrected chi connectivity index (χ2v) is 20.3. The average Bonchev–Trinajstić information content (AvgIpc) is 3.47. The van der Waals surface area contributed by atoms with Crippen LogP contribution >= 0.6 is 11.6 Å². The van der Waals surface area contributed by atoms with Gasteiger partial charge in [0.2, 0.25) is 59.1 Å². The predicted molar refractivity (Wildman–Crippen MR) is 300 cm³/mol. The monoisotopic (exact) mass is 1150 g/mol. The number of aromatic hydroxyl groups is 2. The first-order chi connectivity index (χ1) is 39.0. The Morgan fingerprint density at radius 2 is 1.16 bits per heavy atom. The summed E-state index contributed by atoms with van der Waals surface area (Å²) >= 11 is 6.06. The first-order valence-electron chi connectivity index (χ1n) is 26.5. The van der Waals surface area contributed by atoms with Crippen LogP contribution in [0.1, 0.15) is 71.6 Å². The Hall–Kier alpha value is -8.65. The molecule has 440 valence electrons. The number of rotatable bonds is 21. The molecule has 9 atom stereocenters. The molecule has 1 heterocycles. The van der Waals surface area contributed by atoms with Gasteiger partial charge in [0.15, 0.2) is 0 Å². The van der Waals surface area contributed by atoms with E-state index in [2.05, 4.69) is 47.9 Å². The van der Waals surface area contributed by atoms with E-state index >= 15 is 0 Å². The van der Waals surface area contributed by atoms with Crippen molar-refractivity contribution >= 4 is 70.7 Å². The van der Waals surface area contributed by atoms with E-state index in [1.54, 1.807) is 31.3 Å². The molecule has 0 spiro atoms. The van der Waals surface area contributed by atoms with E-state index in [-0.39, 0.29) is 49.2 Å². The third kappa shape index (κ3) is 20.5. The zero-order valence-corrected chi connectivity index (χ0v) is 46.0. The van der Waals surface area contributed by atoms with Crippen LogP contribution in [0.2, 0.25) is 5.02 Å². The molecular weight excluding hydrogens is 1080 g/mol. The molecule has 0 bridgehead atoms. The SMILES string of the molecule is CNCCCCC[C@@H]1NC(=O)[C@@H](Cc2ccc(C(N)=O)cc2)NC(=O)[C@H](Cc2ccc(O)cc2)NC(=O)[C@H](NC(=O)[C@@H](N)Cc2ccc(Cl)cc2)CNC(=O)C[C@@H](C(=O)N[C@H](Cc2ccc(O)cc2)C(N)=O)NC(=O)[C@H]([C@@H](C)O)NC1=O. The number of carbonyl (C=O) groups is 10. The number of primary amides is 2. The van der Waals surface area contributed by atoms with Crippen LogP contribution in [-0.2, 0) is 68.8 Å². The number of aliphatic hydroxyl groups is 1. The molecule has 1 aliphatic rings.